The second kappa shape index (κ2) is 5.97. The van der Waals surface area contributed by atoms with E-state index >= 15 is 0 Å². The van der Waals surface area contributed by atoms with E-state index in [4.69, 9.17) is 11.6 Å². The lowest BCUT2D eigenvalue weighted by Gasteiger charge is -2.27. The number of hydrogen-bond donors (Lipinski definition) is 1. The van der Waals surface area contributed by atoms with Crippen molar-refractivity contribution in [2.75, 3.05) is 18.0 Å². The number of nitrogens with zero attached hydrogens (tertiary/aromatic N) is 3. The van der Waals surface area contributed by atoms with Gasteiger partial charge in [-0.15, -0.1) is 0 Å². The first-order chi connectivity index (χ1) is 10.0. The van der Waals surface area contributed by atoms with Gasteiger partial charge in [-0.2, -0.15) is 5.10 Å². The van der Waals surface area contributed by atoms with Crippen molar-refractivity contribution in [3.05, 3.63) is 21.6 Å². The van der Waals surface area contributed by atoms with E-state index in [0.29, 0.717) is 29.6 Å². The topological polar surface area (TPSA) is 50.2 Å². The van der Waals surface area contributed by atoms with Gasteiger partial charge in [-0.05, 0) is 25.2 Å². The highest BCUT2D eigenvalue weighted by Gasteiger charge is 2.30. The fourth-order valence-electron chi connectivity index (χ4n) is 3.31. The summed E-state index contributed by atoms with van der Waals surface area (Å²) in [7, 11) is 0. The first kappa shape index (κ1) is 14.9. The molecule has 5 nitrogen and oxygen atoms in total. The van der Waals surface area contributed by atoms with Crippen molar-refractivity contribution in [2.24, 2.45) is 5.92 Å². The predicted molar refractivity (Wildman–Crippen MR) is 85.1 cm³/mol. The van der Waals surface area contributed by atoms with Gasteiger partial charge in [0.05, 0.1) is 11.9 Å². The molecule has 2 aliphatic rings. The van der Waals surface area contributed by atoms with Gasteiger partial charge in [-0.3, -0.25) is 4.79 Å². The molecule has 3 rings (SSSR count). The van der Waals surface area contributed by atoms with Gasteiger partial charge in [0.15, 0.2) is 0 Å². The van der Waals surface area contributed by atoms with Crippen LogP contribution in [0.3, 0.4) is 0 Å². The lowest BCUT2D eigenvalue weighted by molar-refractivity contribution is 0.463. The zero-order valence-electron chi connectivity index (χ0n) is 12.7. The Morgan fingerprint density at radius 1 is 1.38 bits per heavy atom. The third-order valence-electron chi connectivity index (χ3n) is 4.37. The predicted octanol–water partition coefficient (Wildman–Crippen LogP) is 1.88. The fourth-order valence-corrected chi connectivity index (χ4v) is 3.58. The second-order valence-corrected chi connectivity index (χ2v) is 6.98. The van der Waals surface area contributed by atoms with Crippen LogP contribution in [0.5, 0.6) is 0 Å². The Morgan fingerprint density at radius 2 is 2.14 bits per heavy atom. The molecule has 1 aromatic heterocycles. The van der Waals surface area contributed by atoms with Crippen molar-refractivity contribution in [3.63, 3.8) is 0 Å². The van der Waals surface area contributed by atoms with Crippen LogP contribution in [0.25, 0.3) is 0 Å². The summed E-state index contributed by atoms with van der Waals surface area (Å²) < 4.78 is 1.47. The van der Waals surface area contributed by atoms with Gasteiger partial charge in [-0.1, -0.05) is 25.4 Å². The van der Waals surface area contributed by atoms with E-state index in [1.165, 1.54) is 17.5 Å². The largest absolute Gasteiger partial charge is 0.367 e. The standard InChI is InChI=1S/C15H23ClN4O/c1-10(2)8-20-15(21)14(16)13(7-17-20)19-6-5-11-3-4-12(9-19)18-11/h7,10-12,18H,3-6,8-9H2,1-2H3. The van der Waals surface area contributed by atoms with Gasteiger partial charge in [0, 0.05) is 31.7 Å². The van der Waals surface area contributed by atoms with E-state index in [2.05, 4.69) is 29.2 Å². The van der Waals surface area contributed by atoms with Gasteiger partial charge in [-0.25, -0.2) is 4.68 Å². The van der Waals surface area contributed by atoms with Gasteiger partial charge >= 0.3 is 0 Å². The van der Waals surface area contributed by atoms with Crippen molar-refractivity contribution >= 4 is 17.3 Å². The van der Waals surface area contributed by atoms with Crippen molar-refractivity contribution in [1.82, 2.24) is 15.1 Å². The van der Waals surface area contributed by atoms with Gasteiger partial charge in [0.2, 0.25) is 0 Å². The molecule has 0 saturated carbocycles. The third-order valence-corrected chi connectivity index (χ3v) is 4.72. The number of nitrogens with one attached hydrogen (secondary N) is 1. The summed E-state index contributed by atoms with van der Waals surface area (Å²) in [4.78, 5) is 14.6. The van der Waals surface area contributed by atoms with Gasteiger partial charge in [0.25, 0.3) is 5.56 Å². The van der Waals surface area contributed by atoms with Crippen LogP contribution in [0.15, 0.2) is 11.0 Å². The lowest BCUT2D eigenvalue weighted by atomic mass is 10.1. The Kier molecular flexibility index (Phi) is 4.22. The summed E-state index contributed by atoms with van der Waals surface area (Å²) in [6, 6.07) is 1.12. The first-order valence-electron chi connectivity index (χ1n) is 7.81. The Labute approximate surface area is 130 Å². The molecule has 0 aromatic carbocycles. The quantitative estimate of drug-likeness (QED) is 0.926. The van der Waals surface area contributed by atoms with Gasteiger partial charge < -0.3 is 10.2 Å². The summed E-state index contributed by atoms with van der Waals surface area (Å²) in [5, 5.41) is 8.25. The molecule has 0 radical (unpaired) electrons. The molecule has 2 aliphatic heterocycles. The maximum Gasteiger partial charge on any atom is 0.287 e. The molecule has 6 heteroatoms. The monoisotopic (exact) mass is 310 g/mol. The molecule has 2 bridgehead atoms. The van der Waals surface area contributed by atoms with E-state index in [9.17, 15) is 4.79 Å². The number of hydrogen-bond acceptors (Lipinski definition) is 4. The molecule has 2 saturated heterocycles. The number of anilines is 1. The average Bonchev–Trinajstić information content (AvgIpc) is 2.76. The van der Waals surface area contributed by atoms with Crippen LogP contribution in [0.1, 0.15) is 33.1 Å². The zero-order valence-corrected chi connectivity index (χ0v) is 13.4. The molecule has 21 heavy (non-hydrogen) atoms. The van der Waals surface area contributed by atoms with Crippen LogP contribution < -0.4 is 15.8 Å². The normalized spacial score (nSPS) is 25.4. The molecule has 2 atom stereocenters. The van der Waals surface area contributed by atoms with E-state index < -0.39 is 0 Å². The zero-order chi connectivity index (χ0) is 15.0. The molecule has 0 amide bonds. The Balaban J connectivity index is 1.85. The van der Waals surface area contributed by atoms with E-state index in [1.807, 2.05) is 0 Å². The van der Waals surface area contributed by atoms with Crippen molar-refractivity contribution in [3.8, 4) is 0 Å². The van der Waals surface area contributed by atoms with Crippen LogP contribution in [0.4, 0.5) is 5.69 Å². The summed E-state index contributed by atoms with van der Waals surface area (Å²) in [5.41, 5.74) is 0.612. The minimum Gasteiger partial charge on any atom is -0.367 e. The Bertz CT molecular complexity index is 571. The molecule has 3 heterocycles. The third kappa shape index (κ3) is 3.09. The molecule has 0 spiro atoms. The number of aromatic nitrogens is 2. The summed E-state index contributed by atoms with van der Waals surface area (Å²) in [5.74, 6) is 0.371. The molecule has 2 fully saturated rings. The molecule has 0 aliphatic carbocycles. The highest BCUT2D eigenvalue weighted by Crippen LogP contribution is 2.27. The van der Waals surface area contributed by atoms with E-state index in [-0.39, 0.29) is 5.56 Å². The minimum atomic E-state index is -0.176. The van der Waals surface area contributed by atoms with E-state index in [0.717, 1.165) is 25.2 Å². The maximum atomic E-state index is 12.3. The number of halogens is 1. The molecule has 1 N–H and O–H groups in total. The molecule has 1 aromatic rings. The van der Waals surface area contributed by atoms with Crippen molar-refractivity contribution in [1.29, 1.82) is 0 Å². The average molecular weight is 311 g/mol. The van der Waals surface area contributed by atoms with Crippen molar-refractivity contribution < 1.29 is 0 Å². The van der Waals surface area contributed by atoms with Crippen LogP contribution in [0, 0.1) is 5.92 Å². The summed E-state index contributed by atoms with van der Waals surface area (Å²) in [6.45, 7) is 6.57. The smallest absolute Gasteiger partial charge is 0.287 e. The van der Waals surface area contributed by atoms with Crippen molar-refractivity contribution in [2.45, 2.75) is 51.7 Å². The molecule has 116 valence electrons. The highest BCUT2D eigenvalue weighted by molar-refractivity contribution is 6.33. The summed E-state index contributed by atoms with van der Waals surface area (Å²) in [6.07, 6.45) is 5.32. The number of fused-ring (bicyclic) bond motifs is 2. The summed E-state index contributed by atoms with van der Waals surface area (Å²) >= 11 is 6.34. The minimum absolute atomic E-state index is 0.176. The Morgan fingerprint density at radius 3 is 2.90 bits per heavy atom. The van der Waals surface area contributed by atoms with Crippen LogP contribution in [0.2, 0.25) is 5.02 Å². The van der Waals surface area contributed by atoms with Crippen LogP contribution >= 0.6 is 11.6 Å². The second-order valence-electron chi connectivity index (χ2n) is 6.60. The van der Waals surface area contributed by atoms with E-state index in [1.54, 1.807) is 6.20 Å². The molecular formula is C15H23ClN4O. The first-order valence-corrected chi connectivity index (χ1v) is 8.19. The fraction of sp³-hybridized carbons (Fsp3) is 0.733. The Hall–Kier alpha value is -1.07. The van der Waals surface area contributed by atoms with Crippen LogP contribution in [-0.2, 0) is 6.54 Å². The van der Waals surface area contributed by atoms with Gasteiger partial charge in [0.1, 0.15) is 5.02 Å². The highest BCUT2D eigenvalue weighted by atomic mass is 35.5. The maximum absolute atomic E-state index is 12.3. The van der Waals surface area contributed by atoms with Crippen LogP contribution in [-0.4, -0.2) is 35.0 Å². The molecular weight excluding hydrogens is 288 g/mol. The SMILES string of the molecule is CC(C)Cn1ncc(N2CCC3CCC(C2)N3)c(Cl)c1=O. The number of rotatable bonds is 3. The molecule has 2 unspecified atom stereocenters. The lowest BCUT2D eigenvalue weighted by Crippen LogP contribution is -2.37.